The van der Waals surface area contributed by atoms with Gasteiger partial charge >= 0.3 is 0 Å². The molecule has 0 amide bonds. The van der Waals surface area contributed by atoms with E-state index in [1.165, 1.54) is 25.7 Å². The minimum Gasteiger partial charge on any atom is -0.332 e. The molecule has 4 heteroatoms. The van der Waals surface area contributed by atoms with Crippen molar-refractivity contribution in [3.8, 4) is 0 Å². The third-order valence-electron chi connectivity index (χ3n) is 3.23. The predicted octanol–water partition coefficient (Wildman–Crippen LogP) is 4.27. The number of unbranched alkanes of at least 4 members (excludes halogenated alkanes) is 1. The minimum atomic E-state index is 0.802. The molecule has 2 aromatic heterocycles. The third kappa shape index (κ3) is 3.48. The fourth-order valence-corrected chi connectivity index (χ4v) is 3.12. The maximum absolute atomic E-state index is 4.50. The summed E-state index contributed by atoms with van der Waals surface area (Å²) in [5.74, 6) is 1.95. The molecule has 2 heterocycles. The number of pyridine rings is 1. The molecule has 1 N–H and O–H groups in total. The average molecular weight is 263 g/mol. The zero-order valence-corrected chi connectivity index (χ0v) is 12.0. The van der Waals surface area contributed by atoms with Crippen molar-refractivity contribution in [1.29, 1.82) is 0 Å². The van der Waals surface area contributed by atoms with E-state index in [1.54, 1.807) is 6.20 Å². The molecule has 0 bridgehead atoms. The van der Waals surface area contributed by atoms with Crippen LogP contribution < -0.4 is 0 Å². The van der Waals surface area contributed by atoms with Gasteiger partial charge in [-0.1, -0.05) is 44.9 Å². The summed E-state index contributed by atoms with van der Waals surface area (Å²) in [5.41, 5.74) is 1.85. The maximum Gasteiger partial charge on any atom is 0.178 e. The maximum atomic E-state index is 4.50. The number of thioether (sulfide) groups is 1. The molecular formula is C14H21N3S. The lowest BCUT2D eigenvalue weighted by Gasteiger charge is -2.12. The van der Waals surface area contributed by atoms with E-state index >= 15 is 0 Å². The Kier molecular flexibility index (Phi) is 5.05. The number of fused-ring (bicyclic) bond motifs is 1. The summed E-state index contributed by atoms with van der Waals surface area (Å²) in [6.45, 7) is 4.53. The predicted molar refractivity (Wildman–Crippen MR) is 77.9 cm³/mol. The van der Waals surface area contributed by atoms with Gasteiger partial charge in [-0.15, -0.1) is 0 Å². The first-order valence-corrected chi connectivity index (χ1v) is 7.75. The topological polar surface area (TPSA) is 41.6 Å². The van der Waals surface area contributed by atoms with Gasteiger partial charge in [0.2, 0.25) is 0 Å². The van der Waals surface area contributed by atoms with E-state index in [0.29, 0.717) is 0 Å². The van der Waals surface area contributed by atoms with Gasteiger partial charge in [0.1, 0.15) is 0 Å². The van der Waals surface area contributed by atoms with E-state index in [-0.39, 0.29) is 0 Å². The Morgan fingerprint density at radius 3 is 3.00 bits per heavy atom. The number of aromatic amines is 1. The molecule has 0 aliphatic rings. The molecule has 0 aliphatic heterocycles. The lowest BCUT2D eigenvalue weighted by Crippen LogP contribution is -2.02. The van der Waals surface area contributed by atoms with Crippen LogP contribution in [0.4, 0.5) is 0 Å². The molecule has 2 rings (SSSR count). The van der Waals surface area contributed by atoms with E-state index in [2.05, 4.69) is 28.8 Å². The summed E-state index contributed by atoms with van der Waals surface area (Å²) in [6, 6.07) is 3.96. The van der Waals surface area contributed by atoms with Crippen LogP contribution in [0.25, 0.3) is 11.2 Å². The highest BCUT2D eigenvalue weighted by atomic mass is 32.2. The Hall–Kier alpha value is -1.03. The first kappa shape index (κ1) is 13.4. The summed E-state index contributed by atoms with van der Waals surface area (Å²) in [6.07, 6.45) is 6.99. The van der Waals surface area contributed by atoms with E-state index in [9.17, 15) is 0 Å². The van der Waals surface area contributed by atoms with Crippen LogP contribution in [0.5, 0.6) is 0 Å². The Bertz CT molecular complexity index is 448. The first-order valence-electron chi connectivity index (χ1n) is 6.77. The number of H-pyrrole nitrogens is 1. The second-order valence-electron chi connectivity index (χ2n) is 4.64. The highest BCUT2D eigenvalue weighted by Crippen LogP contribution is 2.24. The normalized spacial score (nSPS) is 13.0. The van der Waals surface area contributed by atoms with Crippen LogP contribution in [-0.4, -0.2) is 20.7 Å². The Balaban J connectivity index is 1.92. The highest BCUT2D eigenvalue weighted by molar-refractivity contribution is 7.99. The van der Waals surface area contributed by atoms with Gasteiger partial charge in [0.05, 0.1) is 5.52 Å². The molecule has 0 saturated heterocycles. The second-order valence-corrected chi connectivity index (χ2v) is 5.65. The quantitative estimate of drug-likeness (QED) is 0.759. The molecule has 1 atom stereocenters. The van der Waals surface area contributed by atoms with Gasteiger partial charge in [-0.25, -0.2) is 9.97 Å². The van der Waals surface area contributed by atoms with Gasteiger partial charge in [-0.2, -0.15) is 0 Å². The van der Waals surface area contributed by atoms with Gasteiger partial charge in [0, 0.05) is 11.9 Å². The number of imidazole rings is 1. The minimum absolute atomic E-state index is 0.802. The molecule has 18 heavy (non-hydrogen) atoms. The molecule has 0 radical (unpaired) electrons. The smallest absolute Gasteiger partial charge is 0.178 e. The lowest BCUT2D eigenvalue weighted by atomic mass is 10.0. The summed E-state index contributed by atoms with van der Waals surface area (Å²) >= 11 is 1.82. The number of nitrogens with one attached hydrogen (secondary N) is 1. The monoisotopic (exact) mass is 263 g/mol. The van der Waals surface area contributed by atoms with Crippen molar-refractivity contribution in [3.05, 3.63) is 18.3 Å². The third-order valence-corrected chi connectivity index (χ3v) is 4.34. The standard InChI is InChI=1S/C14H21N3S/c1-3-5-7-11(4-2)10-18-14-16-12-8-6-9-15-13(12)17-14/h6,8-9,11H,3-5,7,10H2,1-2H3,(H,15,16,17)/t11-/m1/s1. The molecule has 0 fully saturated rings. The fraction of sp³-hybridized carbons (Fsp3) is 0.571. The van der Waals surface area contributed by atoms with E-state index < -0.39 is 0 Å². The summed E-state index contributed by atoms with van der Waals surface area (Å²) in [7, 11) is 0. The summed E-state index contributed by atoms with van der Waals surface area (Å²) in [5, 5.41) is 0.999. The zero-order valence-electron chi connectivity index (χ0n) is 11.1. The van der Waals surface area contributed by atoms with Crippen molar-refractivity contribution < 1.29 is 0 Å². The molecular weight excluding hydrogens is 242 g/mol. The molecule has 0 aromatic carbocycles. The molecule has 0 aliphatic carbocycles. The van der Waals surface area contributed by atoms with Gasteiger partial charge < -0.3 is 4.98 Å². The van der Waals surface area contributed by atoms with Crippen molar-refractivity contribution in [2.45, 2.75) is 44.7 Å². The van der Waals surface area contributed by atoms with Crippen LogP contribution in [0.1, 0.15) is 39.5 Å². The van der Waals surface area contributed by atoms with Gasteiger partial charge in [-0.05, 0) is 24.5 Å². The molecule has 98 valence electrons. The van der Waals surface area contributed by atoms with Crippen LogP contribution in [0.3, 0.4) is 0 Å². The van der Waals surface area contributed by atoms with Crippen molar-refractivity contribution in [2.24, 2.45) is 5.92 Å². The lowest BCUT2D eigenvalue weighted by molar-refractivity contribution is 0.499. The zero-order chi connectivity index (χ0) is 12.8. The van der Waals surface area contributed by atoms with Gasteiger partial charge in [0.15, 0.2) is 10.8 Å². The summed E-state index contributed by atoms with van der Waals surface area (Å²) in [4.78, 5) is 12.1. The number of rotatable bonds is 7. The Morgan fingerprint density at radius 1 is 1.39 bits per heavy atom. The Labute approximate surface area is 113 Å². The van der Waals surface area contributed by atoms with Crippen molar-refractivity contribution in [3.63, 3.8) is 0 Å². The van der Waals surface area contributed by atoms with Crippen LogP contribution in [0, 0.1) is 5.92 Å². The van der Waals surface area contributed by atoms with E-state index in [4.69, 9.17) is 0 Å². The van der Waals surface area contributed by atoms with Crippen molar-refractivity contribution >= 4 is 22.9 Å². The van der Waals surface area contributed by atoms with Crippen molar-refractivity contribution in [1.82, 2.24) is 15.0 Å². The highest BCUT2D eigenvalue weighted by Gasteiger charge is 2.09. The van der Waals surface area contributed by atoms with Crippen LogP contribution >= 0.6 is 11.8 Å². The molecule has 0 unspecified atom stereocenters. The number of aromatic nitrogens is 3. The summed E-state index contributed by atoms with van der Waals surface area (Å²) < 4.78 is 0. The van der Waals surface area contributed by atoms with Gasteiger partial charge in [-0.3, -0.25) is 0 Å². The molecule has 2 aromatic rings. The number of hydrogen-bond donors (Lipinski definition) is 1. The van der Waals surface area contributed by atoms with Crippen LogP contribution in [0.15, 0.2) is 23.5 Å². The first-order chi connectivity index (χ1) is 8.83. The van der Waals surface area contributed by atoms with Crippen LogP contribution in [-0.2, 0) is 0 Å². The Morgan fingerprint density at radius 2 is 2.28 bits per heavy atom. The molecule has 3 nitrogen and oxygen atoms in total. The SMILES string of the molecule is CCCC[C@@H](CC)CSc1nc2ncccc2[nH]1. The largest absolute Gasteiger partial charge is 0.332 e. The number of nitrogens with zero attached hydrogens (tertiary/aromatic N) is 2. The second kappa shape index (κ2) is 6.78. The fourth-order valence-electron chi connectivity index (χ4n) is 1.99. The number of hydrogen-bond acceptors (Lipinski definition) is 3. The van der Waals surface area contributed by atoms with Crippen molar-refractivity contribution in [2.75, 3.05) is 5.75 Å². The van der Waals surface area contributed by atoms with Crippen LogP contribution in [0.2, 0.25) is 0 Å². The van der Waals surface area contributed by atoms with Gasteiger partial charge in [0.25, 0.3) is 0 Å². The average Bonchev–Trinajstić information content (AvgIpc) is 2.81. The molecule has 0 saturated carbocycles. The van der Waals surface area contributed by atoms with E-state index in [0.717, 1.165) is 28.0 Å². The van der Waals surface area contributed by atoms with E-state index in [1.807, 2.05) is 23.9 Å². The molecule has 0 spiro atoms.